The van der Waals surface area contributed by atoms with Gasteiger partial charge in [0, 0.05) is 16.2 Å². The summed E-state index contributed by atoms with van der Waals surface area (Å²) in [5.74, 6) is 0.293. The van der Waals surface area contributed by atoms with Crippen molar-refractivity contribution in [2.75, 3.05) is 5.32 Å². The van der Waals surface area contributed by atoms with E-state index in [4.69, 9.17) is 0 Å². The molecule has 0 amide bonds. The molecule has 0 bridgehead atoms. The molecule has 0 saturated carbocycles. The van der Waals surface area contributed by atoms with E-state index < -0.39 is 0 Å². The SMILES string of the molecule is CC(Cc1ccc(Br)cc1)Nc1ccc(O)cc1. The van der Waals surface area contributed by atoms with Crippen molar-refractivity contribution < 1.29 is 5.11 Å². The van der Waals surface area contributed by atoms with E-state index in [1.165, 1.54) is 5.56 Å². The molecule has 0 radical (unpaired) electrons. The fourth-order valence-electron chi connectivity index (χ4n) is 1.87. The minimum atomic E-state index is 0.293. The fourth-order valence-corrected chi connectivity index (χ4v) is 2.13. The van der Waals surface area contributed by atoms with Crippen LogP contribution in [0.4, 0.5) is 5.69 Å². The molecule has 2 N–H and O–H groups in total. The normalized spacial score (nSPS) is 12.1. The Morgan fingerprint density at radius 2 is 1.67 bits per heavy atom. The number of hydrogen-bond acceptors (Lipinski definition) is 2. The monoisotopic (exact) mass is 305 g/mol. The number of aromatic hydroxyl groups is 1. The molecule has 18 heavy (non-hydrogen) atoms. The Labute approximate surface area is 116 Å². The van der Waals surface area contributed by atoms with Crippen LogP contribution in [0, 0.1) is 0 Å². The van der Waals surface area contributed by atoms with Crippen molar-refractivity contribution in [3.8, 4) is 5.75 Å². The number of nitrogens with one attached hydrogen (secondary N) is 1. The summed E-state index contributed by atoms with van der Waals surface area (Å²) in [5.41, 5.74) is 2.33. The predicted octanol–water partition coefficient (Wildman–Crippen LogP) is 4.20. The van der Waals surface area contributed by atoms with Crippen molar-refractivity contribution >= 4 is 21.6 Å². The van der Waals surface area contributed by atoms with Crippen LogP contribution in [0.1, 0.15) is 12.5 Å². The van der Waals surface area contributed by atoms with Gasteiger partial charge in [-0.05, 0) is 55.3 Å². The Morgan fingerprint density at radius 1 is 1.06 bits per heavy atom. The number of halogens is 1. The molecule has 2 nitrogen and oxygen atoms in total. The summed E-state index contributed by atoms with van der Waals surface area (Å²) in [5, 5.41) is 12.6. The number of rotatable bonds is 4. The lowest BCUT2D eigenvalue weighted by Gasteiger charge is -2.15. The van der Waals surface area contributed by atoms with E-state index in [1.54, 1.807) is 12.1 Å². The standard InChI is InChI=1S/C15H16BrNO/c1-11(10-12-2-4-13(16)5-3-12)17-14-6-8-15(18)9-7-14/h2-9,11,17-18H,10H2,1H3. The van der Waals surface area contributed by atoms with E-state index >= 15 is 0 Å². The zero-order valence-corrected chi connectivity index (χ0v) is 11.8. The third-order valence-electron chi connectivity index (χ3n) is 2.74. The smallest absolute Gasteiger partial charge is 0.115 e. The summed E-state index contributed by atoms with van der Waals surface area (Å²) in [4.78, 5) is 0. The maximum absolute atomic E-state index is 9.22. The zero-order valence-electron chi connectivity index (χ0n) is 10.2. The van der Waals surface area contributed by atoms with Crippen LogP contribution in [-0.4, -0.2) is 11.1 Å². The number of phenols is 1. The second kappa shape index (κ2) is 5.91. The van der Waals surface area contributed by atoms with Gasteiger partial charge in [-0.2, -0.15) is 0 Å². The summed E-state index contributed by atoms with van der Waals surface area (Å²) in [6.45, 7) is 2.15. The van der Waals surface area contributed by atoms with Crippen molar-refractivity contribution in [3.05, 3.63) is 58.6 Å². The molecule has 94 valence electrons. The van der Waals surface area contributed by atoms with Crippen LogP contribution < -0.4 is 5.32 Å². The molecule has 0 spiro atoms. The van der Waals surface area contributed by atoms with Gasteiger partial charge < -0.3 is 10.4 Å². The van der Waals surface area contributed by atoms with E-state index in [0.29, 0.717) is 11.8 Å². The molecule has 2 rings (SSSR count). The summed E-state index contributed by atoms with van der Waals surface area (Å²) in [6.07, 6.45) is 0.966. The van der Waals surface area contributed by atoms with Crippen LogP contribution >= 0.6 is 15.9 Å². The maximum Gasteiger partial charge on any atom is 0.115 e. The van der Waals surface area contributed by atoms with Crippen molar-refractivity contribution in [1.29, 1.82) is 0 Å². The first kappa shape index (κ1) is 13.0. The van der Waals surface area contributed by atoms with Crippen molar-refractivity contribution in [3.63, 3.8) is 0 Å². The number of benzene rings is 2. The first-order chi connectivity index (χ1) is 8.63. The van der Waals surface area contributed by atoms with Crippen molar-refractivity contribution in [2.24, 2.45) is 0 Å². The topological polar surface area (TPSA) is 32.3 Å². The molecular weight excluding hydrogens is 290 g/mol. The van der Waals surface area contributed by atoms with Gasteiger partial charge in [-0.3, -0.25) is 0 Å². The van der Waals surface area contributed by atoms with Gasteiger partial charge in [0.1, 0.15) is 5.75 Å². The molecule has 1 unspecified atom stereocenters. The third-order valence-corrected chi connectivity index (χ3v) is 3.26. The molecular formula is C15H16BrNO. The van der Waals surface area contributed by atoms with Gasteiger partial charge in [0.2, 0.25) is 0 Å². The second-order valence-electron chi connectivity index (χ2n) is 4.42. The van der Waals surface area contributed by atoms with Crippen LogP contribution in [0.3, 0.4) is 0 Å². The Balaban J connectivity index is 1.94. The highest BCUT2D eigenvalue weighted by Gasteiger charge is 2.03. The minimum absolute atomic E-state index is 0.293. The Morgan fingerprint density at radius 3 is 2.28 bits per heavy atom. The van der Waals surface area contributed by atoms with Crippen LogP contribution in [0.15, 0.2) is 53.0 Å². The van der Waals surface area contributed by atoms with Gasteiger partial charge in [0.25, 0.3) is 0 Å². The van der Waals surface area contributed by atoms with E-state index in [0.717, 1.165) is 16.6 Å². The molecule has 2 aromatic rings. The molecule has 1 atom stereocenters. The van der Waals surface area contributed by atoms with Gasteiger partial charge in [-0.25, -0.2) is 0 Å². The summed E-state index contributed by atoms with van der Waals surface area (Å²) < 4.78 is 1.10. The Hall–Kier alpha value is -1.48. The quantitative estimate of drug-likeness (QED) is 0.830. The van der Waals surface area contributed by atoms with Crippen LogP contribution in [0.2, 0.25) is 0 Å². The fraction of sp³-hybridized carbons (Fsp3) is 0.200. The molecule has 0 aliphatic carbocycles. The summed E-state index contributed by atoms with van der Waals surface area (Å²) in [6, 6.07) is 15.9. The van der Waals surface area contributed by atoms with Gasteiger partial charge in [0.05, 0.1) is 0 Å². The van der Waals surface area contributed by atoms with Crippen LogP contribution in [-0.2, 0) is 6.42 Å². The highest BCUT2D eigenvalue weighted by Crippen LogP contribution is 2.16. The van der Waals surface area contributed by atoms with Crippen LogP contribution in [0.5, 0.6) is 5.75 Å². The first-order valence-corrected chi connectivity index (χ1v) is 6.73. The molecule has 2 aromatic carbocycles. The van der Waals surface area contributed by atoms with Gasteiger partial charge in [-0.15, -0.1) is 0 Å². The highest BCUT2D eigenvalue weighted by atomic mass is 79.9. The minimum Gasteiger partial charge on any atom is -0.508 e. The maximum atomic E-state index is 9.22. The third kappa shape index (κ3) is 3.77. The van der Waals surface area contributed by atoms with Crippen molar-refractivity contribution in [1.82, 2.24) is 0 Å². The number of phenolic OH excluding ortho intramolecular Hbond substituents is 1. The molecule has 3 heteroatoms. The lowest BCUT2D eigenvalue weighted by atomic mass is 10.1. The molecule has 0 aromatic heterocycles. The lowest BCUT2D eigenvalue weighted by molar-refractivity contribution is 0.475. The average molecular weight is 306 g/mol. The summed E-state index contributed by atoms with van der Waals surface area (Å²) in [7, 11) is 0. The Bertz CT molecular complexity index is 445. The van der Waals surface area contributed by atoms with Crippen molar-refractivity contribution in [2.45, 2.75) is 19.4 Å². The van der Waals surface area contributed by atoms with Gasteiger partial charge in [0.15, 0.2) is 0 Å². The first-order valence-electron chi connectivity index (χ1n) is 5.93. The van der Waals surface area contributed by atoms with Gasteiger partial charge in [-0.1, -0.05) is 28.1 Å². The Kier molecular flexibility index (Phi) is 4.26. The zero-order chi connectivity index (χ0) is 13.0. The molecule has 0 aliphatic rings. The largest absolute Gasteiger partial charge is 0.508 e. The van der Waals surface area contributed by atoms with Crippen LogP contribution in [0.25, 0.3) is 0 Å². The van der Waals surface area contributed by atoms with E-state index in [1.807, 2.05) is 12.1 Å². The number of anilines is 1. The molecule has 0 fully saturated rings. The second-order valence-corrected chi connectivity index (χ2v) is 5.34. The van der Waals surface area contributed by atoms with E-state index in [2.05, 4.69) is 52.4 Å². The van der Waals surface area contributed by atoms with Gasteiger partial charge >= 0.3 is 0 Å². The molecule has 0 aliphatic heterocycles. The lowest BCUT2D eigenvalue weighted by Crippen LogP contribution is -2.17. The van der Waals surface area contributed by atoms with E-state index in [9.17, 15) is 5.11 Å². The highest BCUT2D eigenvalue weighted by molar-refractivity contribution is 9.10. The number of hydrogen-bond donors (Lipinski definition) is 2. The van der Waals surface area contributed by atoms with E-state index in [-0.39, 0.29) is 0 Å². The molecule has 0 saturated heterocycles. The molecule has 0 heterocycles. The average Bonchev–Trinajstić information content (AvgIpc) is 2.35. The summed E-state index contributed by atoms with van der Waals surface area (Å²) >= 11 is 3.43. The predicted molar refractivity (Wildman–Crippen MR) is 79.0 cm³/mol.